The number of amides is 5. The van der Waals surface area contributed by atoms with Gasteiger partial charge in [-0.3, -0.25) is 4.79 Å². The standard InChI is InChI=1S/C29H39N7O7/c1-15-12-36(16(2)14-37)25(38)11-21-10-22(30-28(39)31-26-17(3)33-42-19(26)5)8-9-23(21)41-24(15)13-35(7)29(40)32-27-18(4)34-43-20(27)6/h8-10,15-16,24,37H,11-14H2,1-7H3,(H,32,40)(H2,30,31,39)/t15-,16+,24+/m1/s1. The van der Waals surface area contributed by atoms with Gasteiger partial charge in [-0.1, -0.05) is 17.2 Å². The Morgan fingerprint density at radius 2 is 1.70 bits per heavy atom. The molecule has 0 fully saturated rings. The number of carbonyl (C=O) groups is 3. The number of rotatable bonds is 7. The number of nitrogens with one attached hydrogen (secondary N) is 3. The zero-order chi connectivity index (χ0) is 31.4. The molecular weight excluding hydrogens is 558 g/mol. The summed E-state index contributed by atoms with van der Waals surface area (Å²) in [5, 5.41) is 26.0. The maximum absolute atomic E-state index is 13.5. The van der Waals surface area contributed by atoms with Crippen LogP contribution in [-0.2, 0) is 11.2 Å². The molecule has 3 aromatic rings. The minimum absolute atomic E-state index is 0.0114. The molecular formula is C29H39N7O7. The number of urea groups is 2. The Balaban J connectivity index is 1.57. The highest BCUT2D eigenvalue weighted by Crippen LogP contribution is 2.30. The van der Waals surface area contributed by atoms with E-state index in [-0.39, 0.29) is 37.4 Å². The van der Waals surface area contributed by atoms with E-state index in [0.717, 1.165) is 0 Å². The van der Waals surface area contributed by atoms with Gasteiger partial charge < -0.3 is 44.6 Å². The number of aryl methyl sites for hydroxylation is 4. The second-order valence-electron chi connectivity index (χ2n) is 11.0. The minimum Gasteiger partial charge on any atom is -0.488 e. The number of ether oxygens (including phenoxy) is 1. The topological polar surface area (TPSA) is 175 Å². The van der Waals surface area contributed by atoms with Crippen LogP contribution in [0.2, 0.25) is 0 Å². The van der Waals surface area contributed by atoms with Crippen molar-refractivity contribution in [2.75, 3.05) is 42.7 Å². The third-order valence-electron chi connectivity index (χ3n) is 7.51. The first-order chi connectivity index (χ1) is 20.4. The number of aromatic nitrogens is 2. The number of hydrogen-bond acceptors (Lipinski definition) is 9. The lowest BCUT2D eigenvalue weighted by molar-refractivity contribution is -0.134. The Kier molecular flexibility index (Phi) is 9.59. The van der Waals surface area contributed by atoms with Gasteiger partial charge in [-0.25, -0.2) is 9.59 Å². The van der Waals surface area contributed by atoms with E-state index in [9.17, 15) is 19.5 Å². The van der Waals surface area contributed by atoms with Crippen LogP contribution in [0.5, 0.6) is 5.75 Å². The zero-order valence-corrected chi connectivity index (χ0v) is 25.5. The smallest absolute Gasteiger partial charge is 0.323 e. The molecule has 14 heteroatoms. The van der Waals surface area contributed by atoms with Gasteiger partial charge in [0.05, 0.1) is 25.6 Å². The van der Waals surface area contributed by atoms with Crippen LogP contribution in [0, 0.1) is 33.6 Å². The van der Waals surface area contributed by atoms with Crippen LogP contribution >= 0.6 is 0 Å². The number of fused-ring (bicyclic) bond motifs is 1. The van der Waals surface area contributed by atoms with Crippen LogP contribution in [0.4, 0.5) is 26.7 Å². The minimum atomic E-state index is -0.514. The van der Waals surface area contributed by atoms with Crippen LogP contribution in [0.25, 0.3) is 0 Å². The van der Waals surface area contributed by atoms with Crippen molar-refractivity contribution in [2.24, 2.45) is 5.92 Å². The summed E-state index contributed by atoms with van der Waals surface area (Å²) in [6, 6.07) is 3.76. The lowest BCUT2D eigenvalue weighted by Crippen LogP contribution is -2.48. The predicted molar refractivity (Wildman–Crippen MR) is 158 cm³/mol. The van der Waals surface area contributed by atoms with Crippen LogP contribution < -0.4 is 20.7 Å². The molecule has 3 heterocycles. The molecule has 0 aliphatic carbocycles. The number of anilines is 3. The second-order valence-corrected chi connectivity index (χ2v) is 11.0. The van der Waals surface area contributed by atoms with Crippen LogP contribution in [0.15, 0.2) is 27.2 Å². The van der Waals surface area contributed by atoms with Gasteiger partial charge in [-0.05, 0) is 52.8 Å². The van der Waals surface area contributed by atoms with E-state index in [1.165, 1.54) is 4.90 Å². The van der Waals surface area contributed by atoms with E-state index in [1.807, 2.05) is 6.92 Å². The number of likely N-dealkylation sites (N-methyl/N-ethyl adjacent to an activating group) is 1. The third kappa shape index (κ3) is 7.25. The number of aliphatic hydroxyl groups excluding tert-OH is 1. The molecule has 0 bridgehead atoms. The van der Waals surface area contributed by atoms with E-state index >= 15 is 0 Å². The molecule has 4 rings (SSSR count). The van der Waals surface area contributed by atoms with Gasteiger partial charge >= 0.3 is 12.1 Å². The number of carbonyl (C=O) groups excluding carboxylic acids is 3. The van der Waals surface area contributed by atoms with Crippen molar-refractivity contribution < 1.29 is 33.3 Å². The lowest BCUT2D eigenvalue weighted by atomic mass is 10.0. The molecule has 0 saturated carbocycles. The molecule has 0 saturated heterocycles. The molecule has 14 nitrogen and oxygen atoms in total. The van der Waals surface area contributed by atoms with Gasteiger partial charge in [0, 0.05) is 30.8 Å². The fraction of sp³-hybridized carbons (Fsp3) is 0.483. The molecule has 0 spiro atoms. The molecule has 2 aromatic heterocycles. The van der Waals surface area contributed by atoms with Gasteiger partial charge in [-0.15, -0.1) is 0 Å². The summed E-state index contributed by atoms with van der Waals surface area (Å²) in [7, 11) is 1.65. The Bertz CT molecular complexity index is 1440. The van der Waals surface area contributed by atoms with Crippen LogP contribution in [0.3, 0.4) is 0 Å². The SMILES string of the molecule is Cc1noc(C)c1NC(=O)Nc1ccc2c(c1)CC(=O)N([C@@H](C)CO)C[C@@H](C)[C@H](CN(C)C(=O)Nc1c(C)noc1C)O2. The van der Waals surface area contributed by atoms with Crippen molar-refractivity contribution in [1.29, 1.82) is 0 Å². The van der Waals surface area contributed by atoms with Gasteiger partial charge in [0.2, 0.25) is 5.91 Å². The molecule has 4 N–H and O–H groups in total. The predicted octanol–water partition coefficient (Wildman–Crippen LogP) is 3.85. The summed E-state index contributed by atoms with van der Waals surface area (Å²) in [5.74, 6) is 1.03. The van der Waals surface area contributed by atoms with E-state index in [4.69, 9.17) is 13.8 Å². The third-order valence-corrected chi connectivity index (χ3v) is 7.51. The van der Waals surface area contributed by atoms with E-state index in [1.54, 1.807) is 64.8 Å². The average molecular weight is 598 g/mol. The monoisotopic (exact) mass is 597 g/mol. The Morgan fingerprint density at radius 1 is 1.07 bits per heavy atom. The fourth-order valence-corrected chi connectivity index (χ4v) is 4.88. The lowest BCUT2D eigenvalue weighted by Gasteiger charge is -2.34. The zero-order valence-electron chi connectivity index (χ0n) is 25.5. The Morgan fingerprint density at radius 3 is 2.28 bits per heavy atom. The molecule has 0 radical (unpaired) electrons. The number of nitrogens with zero attached hydrogens (tertiary/aromatic N) is 4. The van der Waals surface area contributed by atoms with Crippen molar-refractivity contribution in [1.82, 2.24) is 20.1 Å². The quantitative estimate of drug-likeness (QED) is 0.315. The summed E-state index contributed by atoms with van der Waals surface area (Å²) >= 11 is 0. The van der Waals surface area contributed by atoms with E-state index < -0.39 is 18.2 Å². The first-order valence-electron chi connectivity index (χ1n) is 14.0. The molecule has 1 aromatic carbocycles. The Labute approximate surface area is 249 Å². The van der Waals surface area contributed by atoms with Crippen molar-refractivity contribution in [3.63, 3.8) is 0 Å². The first kappa shape index (κ1) is 31.3. The Hall–Kier alpha value is -4.59. The summed E-state index contributed by atoms with van der Waals surface area (Å²) in [4.78, 5) is 42.4. The molecule has 0 unspecified atom stereocenters. The number of hydrogen-bond donors (Lipinski definition) is 4. The number of benzene rings is 1. The van der Waals surface area contributed by atoms with Crippen molar-refractivity contribution >= 4 is 35.0 Å². The van der Waals surface area contributed by atoms with E-state index in [2.05, 4.69) is 26.3 Å². The molecule has 232 valence electrons. The van der Waals surface area contributed by atoms with Gasteiger partial charge in [0.15, 0.2) is 11.5 Å². The highest BCUT2D eigenvalue weighted by Gasteiger charge is 2.32. The van der Waals surface area contributed by atoms with E-state index in [0.29, 0.717) is 57.8 Å². The molecule has 1 aliphatic heterocycles. The summed E-state index contributed by atoms with van der Waals surface area (Å²) < 4.78 is 16.7. The molecule has 1 aliphatic rings. The van der Waals surface area contributed by atoms with Crippen molar-refractivity contribution in [2.45, 2.75) is 60.1 Å². The average Bonchev–Trinajstić information content (AvgIpc) is 3.46. The van der Waals surface area contributed by atoms with Crippen LogP contribution in [-0.4, -0.2) is 82.1 Å². The molecule has 5 amide bonds. The highest BCUT2D eigenvalue weighted by atomic mass is 16.5. The maximum Gasteiger partial charge on any atom is 0.323 e. The second kappa shape index (κ2) is 13.2. The first-order valence-corrected chi connectivity index (χ1v) is 14.0. The fourth-order valence-electron chi connectivity index (χ4n) is 4.88. The normalized spacial score (nSPS) is 17.6. The maximum atomic E-state index is 13.5. The van der Waals surface area contributed by atoms with Crippen LogP contribution in [0.1, 0.15) is 42.3 Å². The largest absolute Gasteiger partial charge is 0.488 e. The summed E-state index contributed by atoms with van der Waals surface area (Å²) in [5.41, 5.74) is 3.10. The summed E-state index contributed by atoms with van der Waals surface area (Å²) in [6.45, 7) is 10.9. The molecule has 43 heavy (non-hydrogen) atoms. The van der Waals surface area contributed by atoms with Crippen molar-refractivity contribution in [3.8, 4) is 5.75 Å². The summed E-state index contributed by atoms with van der Waals surface area (Å²) in [6.07, 6.45) is -0.525. The number of aliphatic hydroxyl groups is 1. The van der Waals surface area contributed by atoms with Gasteiger partial charge in [0.25, 0.3) is 0 Å². The highest BCUT2D eigenvalue weighted by molar-refractivity contribution is 6.00. The molecule has 3 atom stereocenters. The van der Waals surface area contributed by atoms with Crippen molar-refractivity contribution in [3.05, 3.63) is 46.7 Å². The van der Waals surface area contributed by atoms with Gasteiger partial charge in [0.1, 0.15) is 34.6 Å². The van der Waals surface area contributed by atoms with Gasteiger partial charge in [-0.2, -0.15) is 0 Å².